The SMILES string of the molecule is Cc1noc(C)c1CNC(=O)C(=O)NN. The van der Waals surface area contributed by atoms with E-state index in [9.17, 15) is 9.59 Å². The fourth-order valence-electron chi connectivity index (χ4n) is 1.07. The molecule has 7 nitrogen and oxygen atoms in total. The highest BCUT2D eigenvalue weighted by Gasteiger charge is 2.14. The maximum Gasteiger partial charge on any atom is 0.323 e. The lowest BCUT2D eigenvalue weighted by Gasteiger charge is -2.02. The third-order valence-corrected chi connectivity index (χ3v) is 1.94. The second kappa shape index (κ2) is 4.56. The van der Waals surface area contributed by atoms with Crippen LogP contribution in [0.15, 0.2) is 4.52 Å². The van der Waals surface area contributed by atoms with Crippen LogP contribution in [0, 0.1) is 13.8 Å². The van der Waals surface area contributed by atoms with Gasteiger partial charge in [0.25, 0.3) is 0 Å². The van der Waals surface area contributed by atoms with Gasteiger partial charge in [-0.25, -0.2) is 5.84 Å². The number of aryl methyl sites for hydroxylation is 2. The molecule has 1 aromatic heterocycles. The molecular formula is C8H12N4O3. The predicted molar refractivity (Wildman–Crippen MR) is 50.2 cm³/mol. The number of hydrazine groups is 1. The summed E-state index contributed by atoms with van der Waals surface area (Å²) in [5.41, 5.74) is 3.17. The first-order valence-electron chi connectivity index (χ1n) is 4.26. The second-order valence-corrected chi connectivity index (χ2v) is 2.96. The Kier molecular flexibility index (Phi) is 3.40. The maximum absolute atomic E-state index is 11.0. The van der Waals surface area contributed by atoms with Gasteiger partial charge < -0.3 is 9.84 Å². The van der Waals surface area contributed by atoms with E-state index in [1.807, 2.05) is 0 Å². The summed E-state index contributed by atoms with van der Waals surface area (Å²) in [5.74, 6) is 3.72. The molecule has 15 heavy (non-hydrogen) atoms. The molecule has 0 aliphatic carbocycles. The number of hydrogen-bond donors (Lipinski definition) is 3. The molecule has 0 aliphatic heterocycles. The van der Waals surface area contributed by atoms with E-state index in [1.54, 1.807) is 19.3 Å². The molecular weight excluding hydrogens is 200 g/mol. The van der Waals surface area contributed by atoms with Gasteiger partial charge in [0, 0.05) is 12.1 Å². The molecule has 0 unspecified atom stereocenters. The molecule has 0 saturated carbocycles. The molecule has 4 N–H and O–H groups in total. The molecule has 0 aliphatic rings. The zero-order valence-corrected chi connectivity index (χ0v) is 8.46. The average Bonchev–Trinajstić information content (AvgIpc) is 2.54. The monoisotopic (exact) mass is 212 g/mol. The van der Waals surface area contributed by atoms with E-state index in [-0.39, 0.29) is 6.54 Å². The van der Waals surface area contributed by atoms with E-state index >= 15 is 0 Å². The highest BCUT2D eigenvalue weighted by Crippen LogP contribution is 2.11. The number of carbonyl (C=O) groups is 2. The van der Waals surface area contributed by atoms with Crippen LogP contribution in [0.3, 0.4) is 0 Å². The Labute approximate surface area is 86.0 Å². The smallest absolute Gasteiger partial charge is 0.323 e. The first-order valence-corrected chi connectivity index (χ1v) is 4.26. The van der Waals surface area contributed by atoms with Gasteiger partial charge in [0.1, 0.15) is 5.76 Å². The van der Waals surface area contributed by atoms with Crippen LogP contribution >= 0.6 is 0 Å². The van der Waals surface area contributed by atoms with Crippen LogP contribution in [0.5, 0.6) is 0 Å². The molecule has 0 radical (unpaired) electrons. The molecule has 1 rings (SSSR count). The maximum atomic E-state index is 11.0. The molecule has 0 saturated heterocycles. The van der Waals surface area contributed by atoms with Crippen molar-refractivity contribution in [3.8, 4) is 0 Å². The van der Waals surface area contributed by atoms with Crippen molar-refractivity contribution in [2.45, 2.75) is 20.4 Å². The largest absolute Gasteiger partial charge is 0.361 e. The summed E-state index contributed by atoms with van der Waals surface area (Å²) in [5, 5.41) is 6.09. The number of nitrogens with two attached hydrogens (primary N) is 1. The summed E-state index contributed by atoms with van der Waals surface area (Å²) in [4.78, 5) is 21.8. The van der Waals surface area contributed by atoms with Crippen molar-refractivity contribution >= 4 is 11.8 Å². The molecule has 0 atom stereocenters. The Hall–Kier alpha value is -1.89. The molecule has 1 aromatic rings. The average molecular weight is 212 g/mol. The van der Waals surface area contributed by atoms with Gasteiger partial charge in [0.2, 0.25) is 0 Å². The lowest BCUT2D eigenvalue weighted by Crippen LogP contribution is -2.42. The number of amides is 2. The van der Waals surface area contributed by atoms with Crippen molar-refractivity contribution in [2.24, 2.45) is 5.84 Å². The van der Waals surface area contributed by atoms with Gasteiger partial charge in [-0.15, -0.1) is 0 Å². The summed E-state index contributed by atoms with van der Waals surface area (Å²) in [7, 11) is 0. The van der Waals surface area contributed by atoms with Crippen molar-refractivity contribution < 1.29 is 14.1 Å². The Morgan fingerprint density at radius 3 is 2.53 bits per heavy atom. The van der Waals surface area contributed by atoms with Gasteiger partial charge in [0.05, 0.1) is 5.69 Å². The quantitative estimate of drug-likeness (QED) is 0.249. The van der Waals surface area contributed by atoms with Crippen LogP contribution in [0.2, 0.25) is 0 Å². The topological polar surface area (TPSA) is 110 Å². The van der Waals surface area contributed by atoms with E-state index in [1.165, 1.54) is 0 Å². The van der Waals surface area contributed by atoms with Gasteiger partial charge in [-0.3, -0.25) is 15.0 Å². The summed E-state index contributed by atoms with van der Waals surface area (Å²) in [6.45, 7) is 3.67. The van der Waals surface area contributed by atoms with Crippen molar-refractivity contribution in [1.29, 1.82) is 0 Å². The van der Waals surface area contributed by atoms with Crippen molar-refractivity contribution in [1.82, 2.24) is 15.9 Å². The highest BCUT2D eigenvalue weighted by atomic mass is 16.5. The number of nitrogens with zero attached hydrogens (tertiary/aromatic N) is 1. The third kappa shape index (κ3) is 2.53. The fourth-order valence-corrected chi connectivity index (χ4v) is 1.07. The Morgan fingerprint density at radius 1 is 1.40 bits per heavy atom. The first kappa shape index (κ1) is 11.2. The summed E-state index contributed by atoms with van der Waals surface area (Å²) < 4.78 is 4.89. The molecule has 1 heterocycles. The number of nitrogens with one attached hydrogen (secondary N) is 2. The lowest BCUT2D eigenvalue weighted by molar-refractivity contribution is -0.139. The van der Waals surface area contributed by atoms with Crippen LogP contribution in [0.25, 0.3) is 0 Å². The van der Waals surface area contributed by atoms with Gasteiger partial charge in [0.15, 0.2) is 0 Å². The van der Waals surface area contributed by atoms with Crippen LogP contribution in [-0.2, 0) is 16.1 Å². The number of carbonyl (C=O) groups excluding carboxylic acids is 2. The Balaban J connectivity index is 2.58. The minimum absolute atomic E-state index is 0.188. The lowest BCUT2D eigenvalue weighted by atomic mass is 10.2. The summed E-state index contributed by atoms with van der Waals surface area (Å²) >= 11 is 0. The van der Waals surface area contributed by atoms with E-state index < -0.39 is 11.8 Å². The second-order valence-electron chi connectivity index (χ2n) is 2.96. The van der Waals surface area contributed by atoms with Crippen LogP contribution in [0.4, 0.5) is 0 Å². The molecule has 0 bridgehead atoms. The normalized spacial score (nSPS) is 9.80. The zero-order valence-electron chi connectivity index (χ0n) is 8.46. The first-order chi connectivity index (χ1) is 7.06. The number of rotatable bonds is 2. The van der Waals surface area contributed by atoms with Crippen molar-refractivity contribution in [2.75, 3.05) is 0 Å². The molecule has 0 fully saturated rings. The Bertz CT molecular complexity index is 366. The van der Waals surface area contributed by atoms with Crippen molar-refractivity contribution in [3.63, 3.8) is 0 Å². The van der Waals surface area contributed by atoms with Crippen LogP contribution in [-0.4, -0.2) is 17.0 Å². The van der Waals surface area contributed by atoms with Crippen LogP contribution < -0.4 is 16.6 Å². The molecule has 2 amide bonds. The van der Waals surface area contributed by atoms with Crippen LogP contribution in [0.1, 0.15) is 17.0 Å². The van der Waals surface area contributed by atoms with E-state index in [0.717, 1.165) is 5.56 Å². The van der Waals surface area contributed by atoms with Crippen molar-refractivity contribution in [3.05, 3.63) is 17.0 Å². The number of aromatic nitrogens is 1. The third-order valence-electron chi connectivity index (χ3n) is 1.94. The minimum Gasteiger partial charge on any atom is -0.361 e. The van der Waals surface area contributed by atoms with Gasteiger partial charge in [-0.1, -0.05) is 5.16 Å². The van der Waals surface area contributed by atoms with Gasteiger partial charge >= 0.3 is 11.8 Å². The van der Waals surface area contributed by atoms with Gasteiger partial charge in [-0.2, -0.15) is 0 Å². The predicted octanol–water partition coefficient (Wildman–Crippen LogP) is -1.10. The molecule has 0 spiro atoms. The van der Waals surface area contributed by atoms with E-state index in [4.69, 9.17) is 10.4 Å². The molecule has 0 aromatic carbocycles. The standard InChI is InChI=1S/C8H12N4O3/c1-4-6(5(2)15-12-4)3-10-7(13)8(14)11-9/h3,9H2,1-2H3,(H,10,13)(H,11,14). The minimum atomic E-state index is -0.887. The molecule has 82 valence electrons. The highest BCUT2D eigenvalue weighted by molar-refractivity contribution is 6.34. The van der Waals surface area contributed by atoms with E-state index in [0.29, 0.717) is 11.5 Å². The molecule has 7 heteroatoms. The van der Waals surface area contributed by atoms with Gasteiger partial charge in [-0.05, 0) is 13.8 Å². The summed E-state index contributed by atoms with van der Waals surface area (Å²) in [6.07, 6.45) is 0. The fraction of sp³-hybridized carbons (Fsp3) is 0.375. The summed E-state index contributed by atoms with van der Waals surface area (Å²) in [6, 6.07) is 0. The van der Waals surface area contributed by atoms with E-state index in [2.05, 4.69) is 10.5 Å². The zero-order chi connectivity index (χ0) is 11.4. The Morgan fingerprint density at radius 2 is 2.07 bits per heavy atom. The number of hydrogen-bond acceptors (Lipinski definition) is 5.